The number of nitrogens with one attached hydrogen (secondary N) is 2. The molecule has 2 rings (SSSR count). The number of carbonyl (C=O) groups excluding carboxylic acids is 1. The topological polar surface area (TPSA) is 64.9 Å². The molecule has 1 aromatic carbocycles. The molecular weight excluding hydrogens is 226 g/mol. The molecule has 1 amide bonds. The highest BCUT2D eigenvalue weighted by Gasteiger charge is 2.16. The third kappa shape index (κ3) is 3.31. The van der Waals surface area contributed by atoms with Gasteiger partial charge in [-0.15, -0.1) is 0 Å². The van der Waals surface area contributed by atoms with Crippen molar-refractivity contribution in [1.29, 1.82) is 5.26 Å². The van der Waals surface area contributed by atoms with Gasteiger partial charge in [0, 0.05) is 6.42 Å². The van der Waals surface area contributed by atoms with Crippen molar-refractivity contribution in [1.82, 2.24) is 5.32 Å². The zero-order valence-corrected chi connectivity index (χ0v) is 10.3. The van der Waals surface area contributed by atoms with Crippen LogP contribution in [0.15, 0.2) is 24.3 Å². The summed E-state index contributed by atoms with van der Waals surface area (Å²) in [6.45, 7) is 2.08. The highest BCUT2D eigenvalue weighted by Crippen LogP contribution is 2.17. The first kappa shape index (κ1) is 12.6. The lowest BCUT2D eigenvalue weighted by molar-refractivity contribution is -0.116. The maximum Gasteiger partial charge on any atom is 0.224 e. The number of nitriles is 1. The molecule has 4 heteroatoms. The van der Waals surface area contributed by atoms with E-state index in [4.69, 9.17) is 5.26 Å². The molecule has 1 atom stereocenters. The van der Waals surface area contributed by atoms with E-state index in [1.807, 2.05) is 6.07 Å². The second-order valence-corrected chi connectivity index (χ2v) is 4.60. The zero-order valence-electron chi connectivity index (χ0n) is 10.3. The second-order valence-electron chi connectivity index (χ2n) is 4.60. The van der Waals surface area contributed by atoms with Crippen molar-refractivity contribution in [3.8, 4) is 6.07 Å². The predicted molar refractivity (Wildman–Crippen MR) is 70.0 cm³/mol. The van der Waals surface area contributed by atoms with Gasteiger partial charge in [0.05, 0.1) is 11.3 Å². The van der Waals surface area contributed by atoms with Gasteiger partial charge in [0.15, 0.2) is 0 Å². The Bertz CT molecular complexity index is 458. The van der Waals surface area contributed by atoms with E-state index in [1.54, 1.807) is 18.2 Å². The van der Waals surface area contributed by atoms with Crippen molar-refractivity contribution in [2.45, 2.75) is 19.3 Å². The second kappa shape index (κ2) is 6.18. The Morgan fingerprint density at radius 2 is 2.33 bits per heavy atom. The smallest absolute Gasteiger partial charge is 0.224 e. The van der Waals surface area contributed by atoms with E-state index in [9.17, 15) is 4.79 Å². The van der Waals surface area contributed by atoms with Crippen molar-refractivity contribution in [2.24, 2.45) is 5.92 Å². The summed E-state index contributed by atoms with van der Waals surface area (Å²) in [4.78, 5) is 11.8. The molecule has 0 spiro atoms. The molecule has 1 saturated heterocycles. The molecule has 2 N–H and O–H groups in total. The van der Waals surface area contributed by atoms with E-state index >= 15 is 0 Å². The number of amides is 1. The number of hydrogen-bond donors (Lipinski definition) is 2. The Hall–Kier alpha value is -1.86. The van der Waals surface area contributed by atoms with Gasteiger partial charge in [-0.3, -0.25) is 4.79 Å². The summed E-state index contributed by atoms with van der Waals surface area (Å²) in [6.07, 6.45) is 2.59. The van der Waals surface area contributed by atoms with E-state index in [0.29, 0.717) is 23.6 Å². The van der Waals surface area contributed by atoms with Crippen LogP contribution in [0.3, 0.4) is 0 Å². The summed E-state index contributed by atoms with van der Waals surface area (Å²) >= 11 is 0. The van der Waals surface area contributed by atoms with Crippen LogP contribution in [0.2, 0.25) is 0 Å². The Balaban J connectivity index is 1.85. The number of rotatable bonds is 4. The highest BCUT2D eigenvalue weighted by molar-refractivity contribution is 5.92. The molecule has 0 radical (unpaired) electrons. The fourth-order valence-corrected chi connectivity index (χ4v) is 2.20. The van der Waals surface area contributed by atoms with Crippen LogP contribution in [0, 0.1) is 17.2 Å². The fourth-order valence-electron chi connectivity index (χ4n) is 2.20. The van der Waals surface area contributed by atoms with E-state index in [1.165, 1.54) is 0 Å². The number of nitrogens with zero attached hydrogens (tertiary/aromatic N) is 1. The molecule has 1 aromatic rings. The monoisotopic (exact) mass is 243 g/mol. The van der Waals surface area contributed by atoms with Gasteiger partial charge in [0.2, 0.25) is 5.91 Å². The molecular formula is C14H17N3O. The van der Waals surface area contributed by atoms with Crippen LogP contribution in [0.25, 0.3) is 0 Å². The Morgan fingerprint density at radius 1 is 1.50 bits per heavy atom. The Morgan fingerprint density at radius 3 is 3.06 bits per heavy atom. The average Bonchev–Trinajstić information content (AvgIpc) is 2.90. The molecule has 4 nitrogen and oxygen atoms in total. The number of benzene rings is 1. The van der Waals surface area contributed by atoms with Gasteiger partial charge < -0.3 is 10.6 Å². The van der Waals surface area contributed by atoms with E-state index in [0.717, 1.165) is 25.9 Å². The molecule has 0 aromatic heterocycles. The SMILES string of the molecule is N#Cc1ccccc1NC(=O)CCC1CCNC1. The van der Waals surface area contributed by atoms with Crippen molar-refractivity contribution < 1.29 is 4.79 Å². The van der Waals surface area contributed by atoms with E-state index < -0.39 is 0 Å². The lowest BCUT2D eigenvalue weighted by Crippen LogP contribution is -2.15. The van der Waals surface area contributed by atoms with Crippen LogP contribution in [0.4, 0.5) is 5.69 Å². The summed E-state index contributed by atoms with van der Waals surface area (Å²) < 4.78 is 0. The third-order valence-corrected chi connectivity index (χ3v) is 3.26. The number of para-hydroxylation sites is 1. The van der Waals surface area contributed by atoms with Gasteiger partial charge in [-0.2, -0.15) is 5.26 Å². The summed E-state index contributed by atoms with van der Waals surface area (Å²) in [7, 11) is 0. The average molecular weight is 243 g/mol. The Labute approximate surface area is 107 Å². The van der Waals surface area contributed by atoms with Crippen LogP contribution in [0.5, 0.6) is 0 Å². The molecule has 94 valence electrons. The summed E-state index contributed by atoms with van der Waals surface area (Å²) in [5.41, 5.74) is 1.11. The predicted octanol–water partition coefficient (Wildman–Crippen LogP) is 1.89. The van der Waals surface area contributed by atoms with Crippen molar-refractivity contribution in [3.05, 3.63) is 29.8 Å². The maximum atomic E-state index is 11.8. The highest BCUT2D eigenvalue weighted by atomic mass is 16.1. The lowest BCUT2D eigenvalue weighted by atomic mass is 10.0. The van der Waals surface area contributed by atoms with Gasteiger partial charge >= 0.3 is 0 Å². The number of hydrogen-bond acceptors (Lipinski definition) is 3. The standard InChI is InChI=1S/C14H17N3O/c15-9-12-3-1-2-4-13(12)17-14(18)6-5-11-7-8-16-10-11/h1-4,11,16H,5-8,10H2,(H,17,18). The minimum atomic E-state index is -0.00963. The lowest BCUT2D eigenvalue weighted by Gasteiger charge is -2.09. The van der Waals surface area contributed by atoms with E-state index in [2.05, 4.69) is 16.7 Å². The molecule has 0 saturated carbocycles. The first-order chi connectivity index (χ1) is 8.79. The number of carbonyl (C=O) groups is 1. The largest absolute Gasteiger partial charge is 0.325 e. The van der Waals surface area contributed by atoms with Gasteiger partial charge in [0.1, 0.15) is 6.07 Å². The van der Waals surface area contributed by atoms with Crippen molar-refractivity contribution in [3.63, 3.8) is 0 Å². The molecule has 1 unspecified atom stereocenters. The minimum Gasteiger partial charge on any atom is -0.325 e. The molecule has 18 heavy (non-hydrogen) atoms. The maximum absolute atomic E-state index is 11.8. The molecule has 1 aliphatic rings. The van der Waals surface area contributed by atoms with Crippen LogP contribution in [-0.4, -0.2) is 19.0 Å². The number of anilines is 1. The van der Waals surface area contributed by atoms with Gasteiger partial charge in [-0.05, 0) is 44.0 Å². The molecule has 1 fully saturated rings. The summed E-state index contributed by atoms with van der Waals surface area (Å²) in [5, 5.41) is 15.0. The summed E-state index contributed by atoms with van der Waals surface area (Å²) in [6, 6.07) is 9.14. The van der Waals surface area contributed by atoms with Crippen LogP contribution in [-0.2, 0) is 4.79 Å². The molecule has 1 aliphatic heterocycles. The van der Waals surface area contributed by atoms with Crippen LogP contribution < -0.4 is 10.6 Å². The third-order valence-electron chi connectivity index (χ3n) is 3.26. The van der Waals surface area contributed by atoms with Gasteiger partial charge in [0.25, 0.3) is 0 Å². The van der Waals surface area contributed by atoms with Crippen LogP contribution >= 0.6 is 0 Å². The summed E-state index contributed by atoms with van der Waals surface area (Å²) in [5.74, 6) is 0.603. The minimum absolute atomic E-state index is 0.00963. The van der Waals surface area contributed by atoms with E-state index in [-0.39, 0.29) is 5.91 Å². The van der Waals surface area contributed by atoms with Crippen molar-refractivity contribution >= 4 is 11.6 Å². The fraction of sp³-hybridized carbons (Fsp3) is 0.429. The Kier molecular flexibility index (Phi) is 4.32. The zero-order chi connectivity index (χ0) is 12.8. The normalized spacial score (nSPS) is 18.3. The molecule has 1 heterocycles. The first-order valence-electron chi connectivity index (χ1n) is 6.29. The van der Waals surface area contributed by atoms with Gasteiger partial charge in [-0.1, -0.05) is 12.1 Å². The van der Waals surface area contributed by atoms with Crippen LogP contribution in [0.1, 0.15) is 24.8 Å². The van der Waals surface area contributed by atoms with Gasteiger partial charge in [-0.25, -0.2) is 0 Å². The quantitative estimate of drug-likeness (QED) is 0.848. The molecule has 0 bridgehead atoms. The van der Waals surface area contributed by atoms with Crippen molar-refractivity contribution in [2.75, 3.05) is 18.4 Å². The first-order valence-corrected chi connectivity index (χ1v) is 6.29. The molecule has 0 aliphatic carbocycles.